The summed E-state index contributed by atoms with van der Waals surface area (Å²) >= 11 is 0. The van der Waals surface area contributed by atoms with E-state index >= 15 is 0 Å². The van der Waals surface area contributed by atoms with E-state index in [0.29, 0.717) is 22.6 Å². The summed E-state index contributed by atoms with van der Waals surface area (Å²) < 4.78 is 48.1. The lowest BCUT2D eigenvalue weighted by atomic mass is 10.1. The Labute approximate surface area is 165 Å². The van der Waals surface area contributed by atoms with E-state index in [1.165, 1.54) is 10.4 Å². The van der Waals surface area contributed by atoms with Gasteiger partial charge in [-0.05, 0) is 55.8 Å². The van der Waals surface area contributed by atoms with Gasteiger partial charge in [0, 0.05) is 5.56 Å². The molecule has 0 saturated carbocycles. The SMILES string of the molecule is COc1ccc(N([C@@H](C)c2ccccc2F)S(=O)(=O)c2ccccc2C)cc1. The van der Waals surface area contributed by atoms with E-state index in [9.17, 15) is 12.8 Å². The lowest BCUT2D eigenvalue weighted by molar-refractivity contribution is 0.415. The standard InChI is InChI=1S/C22H22FNO3S/c1-16-8-4-7-11-22(16)28(25,26)24(18-12-14-19(27-3)15-13-18)17(2)20-9-5-6-10-21(20)23/h4-15,17H,1-3H3/t17-/m0/s1. The fourth-order valence-electron chi connectivity index (χ4n) is 3.19. The number of aryl methyl sites for hydroxylation is 1. The molecule has 0 radical (unpaired) electrons. The summed E-state index contributed by atoms with van der Waals surface area (Å²) in [6, 6.07) is 18.9. The summed E-state index contributed by atoms with van der Waals surface area (Å²) in [5.74, 6) is 0.157. The highest BCUT2D eigenvalue weighted by Crippen LogP contribution is 2.35. The molecule has 0 heterocycles. The van der Waals surface area contributed by atoms with Crippen LogP contribution in [-0.2, 0) is 10.0 Å². The summed E-state index contributed by atoms with van der Waals surface area (Å²) in [5, 5.41) is 0. The van der Waals surface area contributed by atoms with Crippen molar-refractivity contribution in [2.45, 2.75) is 24.8 Å². The third kappa shape index (κ3) is 3.73. The molecule has 0 aliphatic rings. The lowest BCUT2D eigenvalue weighted by Crippen LogP contribution is -2.34. The summed E-state index contributed by atoms with van der Waals surface area (Å²) in [4.78, 5) is 0.189. The van der Waals surface area contributed by atoms with Crippen LogP contribution in [0.1, 0.15) is 24.1 Å². The number of benzene rings is 3. The normalized spacial score (nSPS) is 12.4. The molecule has 3 aromatic carbocycles. The Bertz CT molecular complexity index is 1070. The highest BCUT2D eigenvalue weighted by Gasteiger charge is 2.32. The van der Waals surface area contributed by atoms with Crippen LogP contribution in [0, 0.1) is 12.7 Å². The van der Waals surface area contributed by atoms with E-state index in [4.69, 9.17) is 4.74 Å². The maximum atomic E-state index is 14.5. The third-order valence-corrected chi connectivity index (χ3v) is 6.72. The minimum absolute atomic E-state index is 0.189. The van der Waals surface area contributed by atoms with Crippen molar-refractivity contribution in [2.24, 2.45) is 0 Å². The maximum absolute atomic E-state index is 14.5. The first-order chi connectivity index (χ1) is 13.4. The Morgan fingerprint density at radius 2 is 1.54 bits per heavy atom. The quantitative estimate of drug-likeness (QED) is 0.579. The fraction of sp³-hybridized carbons (Fsp3) is 0.182. The molecule has 0 fully saturated rings. The van der Waals surface area contributed by atoms with Crippen molar-refractivity contribution >= 4 is 15.7 Å². The molecule has 0 aliphatic heterocycles. The lowest BCUT2D eigenvalue weighted by Gasteiger charge is -2.31. The predicted octanol–water partition coefficient (Wildman–Crippen LogP) is 5.10. The second-order valence-electron chi connectivity index (χ2n) is 6.46. The number of methoxy groups -OCH3 is 1. The van der Waals surface area contributed by atoms with Crippen LogP contribution in [0.5, 0.6) is 5.75 Å². The maximum Gasteiger partial charge on any atom is 0.265 e. The van der Waals surface area contributed by atoms with Gasteiger partial charge in [-0.1, -0.05) is 36.4 Å². The highest BCUT2D eigenvalue weighted by atomic mass is 32.2. The van der Waals surface area contributed by atoms with Gasteiger partial charge < -0.3 is 4.74 Å². The van der Waals surface area contributed by atoms with E-state index < -0.39 is 21.9 Å². The molecule has 6 heteroatoms. The Morgan fingerprint density at radius 1 is 0.929 bits per heavy atom. The molecule has 0 aromatic heterocycles. The first-order valence-corrected chi connectivity index (χ1v) is 10.3. The Kier molecular flexibility index (Phi) is 5.70. The zero-order chi connectivity index (χ0) is 20.3. The summed E-state index contributed by atoms with van der Waals surface area (Å²) in [7, 11) is -2.40. The van der Waals surface area contributed by atoms with Crippen molar-refractivity contribution in [3.05, 3.63) is 89.7 Å². The van der Waals surface area contributed by atoms with Crippen molar-refractivity contribution in [3.8, 4) is 5.75 Å². The Morgan fingerprint density at radius 3 is 2.14 bits per heavy atom. The van der Waals surface area contributed by atoms with Gasteiger partial charge >= 0.3 is 0 Å². The molecule has 28 heavy (non-hydrogen) atoms. The van der Waals surface area contributed by atoms with Crippen LogP contribution < -0.4 is 9.04 Å². The van der Waals surface area contributed by atoms with E-state index in [-0.39, 0.29) is 4.90 Å². The average molecular weight is 399 g/mol. The molecule has 4 nitrogen and oxygen atoms in total. The van der Waals surface area contributed by atoms with Crippen LogP contribution >= 0.6 is 0 Å². The monoisotopic (exact) mass is 399 g/mol. The van der Waals surface area contributed by atoms with Gasteiger partial charge in [0.1, 0.15) is 11.6 Å². The van der Waals surface area contributed by atoms with Gasteiger partial charge in [-0.3, -0.25) is 4.31 Å². The summed E-state index contributed by atoms with van der Waals surface area (Å²) in [6.45, 7) is 3.42. The molecule has 0 unspecified atom stereocenters. The van der Waals surface area contributed by atoms with Crippen LogP contribution in [-0.4, -0.2) is 15.5 Å². The number of hydrogen-bond donors (Lipinski definition) is 0. The van der Waals surface area contributed by atoms with Gasteiger partial charge in [-0.25, -0.2) is 12.8 Å². The number of rotatable bonds is 6. The van der Waals surface area contributed by atoms with Crippen LogP contribution in [0.4, 0.5) is 10.1 Å². The van der Waals surface area contributed by atoms with Crippen LogP contribution in [0.2, 0.25) is 0 Å². The molecule has 0 aliphatic carbocycles. The highest BCUT2D eigenvalue weighted by molar-refractivity contribution is 7.92. The Hall–Kier alpha value is -2.86. The number of anilines is 1. The molecule has 3 aromatic rings. The molecule has 0 bridgehead atoms. The molecule has 146 valence electrons. The topological polar surface area (TPSA) is 46.6 Å². The predicted molar refractivity (Wildman–Crippen MR) is 109 cm³/mol. The number of hydrogen-bond acceptors (Lipinski definition) is 3. The first kappa shape index (κ1) is 19.9. The molecular weight excluding hydrogens is 377 g/mol. The minimum Gasteiger partial charge on any atom is -0.497 e. The second kappa shape index (κ2) is 8.02. The molecular formula is C22H22FNO3S. The van der Waals surface area contributed by atoms with Crippen molar-refractivity contribution in [3.63, 3.8) is 0 Å². The number of nitrogens with zero attached hydrogens (tertiary/aromatic N) is 1. The van der Waals surface area contributed by atoms with E-state index in [1.54, 1.807) is 87.7 Å². The van der Waals surface area contributed by atoms with Crippen molar-refractivity contribution in [1.82, 2.24) is 0 Å². The van der Waals surface area contributed by atoms with Crippen LogP contribution in [0.3, 0.4) is 0 Å². The third-order valence-electron chi connectivity index (χ3n) is 4.66. The van der Waals surface area contributed by atoms with Gasteiger partial charge in [0.05, 0.1) is 23.7 Å². The summed E-state index contributed by atoms with van der Waals surface area (Å²) in [5.41, 5.74) is 1.36. The zero-order valence-corrected chi connectivity index (χ0v) is 16.8. The summed E-state index contributed by atoms with van der Waals surface area (Å²) in [6.07, 6.45) is 0. The molecule has 0 N–H and O–H groups in total. The van der Waals surface area contributed by atoms with E-state index in [2.05, 4.69) is 0 Å². The second-order valence-corrected chi connectivity index (χ2v) is 8.25. The molecule has 0 saturated heterocycles. The molecule has 1 atom stereocenters. The van der Waals surface area contributed by atoms with Gasteiger partial charge in [0.25, 0.3) is 10.0 Å². The minimum atomic E-state index is -3.94. The number of sulfonamides is 1. The van der Waals surface area contributed by atoms with Gasteiger partial charge in [0.2, 0.25) is 0 Å². The first-order valence-electron chi connectivity index (χ1n) is 8.85. The van der Waals surface area contributed by atoms with Crippen molar-refractivity contribution in [1.29, 1.82) is 0 Å². The fourth-order valence-corrected chi connectivity index (χ4v) is 5.06. The molecule has 0 amide bonds. The van der Waals surface area contributed by atoms with Crippen LogP contribution in [0.25, 0.3) is 0 Å². The number of ether oxygens (including phenoxy) is 1. The Balaban J connectivity index is 2.19. The van der Waals surface area contributed by atoms with Crippen molar-refractivity contribution in [2.75, 3.05) is 11.4 Å². The largest absolute Gasteiger partial charge is 0.497 e. The molecule has 0 spiro atoms. The van der Waals surface area contributed by atoms with Crippen LogP contribution in [0.15, 0.2) is 77.7 Å². The molecule has 3 rings (SSSR count). The van der Waals surface area contributed by atoms with Gasteiger partial charge in [-0.2, -0.15) is 0 Å². The van der Waals surface area contributed by atoms with Gasteiger partial charge in [0.15, 0.2) is 0 Å². The van der Waals surface area contributed by atoms with E-state index in [1.807, 2.05) is 0 Å². The smallest absolute Gasteiger partial charge is 0.265 e. The zero-order valence-electron chi connectivity index (χ0n) is 16.0. The number of halogens is 1. The van der Waals surface area contributed by atoms with E-state index in [0.717, 1.165) is 0 Å². The van der Waals surface area contributed by atoms with Crippen molar-refractivity contribution < 1.29 is 17.5 Å². The average Bonchev–Trinajstić information content (AvgIpc) is 2.69. The van der Waals surface area contributed by atoms with Gasteiger partial charge in [-0.15, -0.1) is 0 Å².